The number of aryl methyl sites for hydroxylation is 1. The largest absolute Gasteiger partial charge is 0.328 e. The predicted molar refractivity (Wildman–Crippen MR) is 108 cm³/mol. The lowest BCUT2D eigenvalue weighted by Crippen LogP contribution is -2.11. The summed E-state index contributed by atoms with van der Waals surface area (Å²) >= 11 is 0. The maximum Gasteiger partial charge on any atom is 0.247 e. The smallest absolute Gasteiger partial charge is 0.247 e. The molecule has 0 radical (unpaired) electrons. The van der Waals surface area contributed by atoms with E-state index in [1.165, 1.54) is 17.2 Å². The van der Waals surface area contributed by atoms with E-state index in [0.717, 1.165) is 23.1 Å². The van der Waals surface area contributed by atoms with Gasteiger partial charge in [-0.05, 0) is 41.2 Å². The van der Waals surface area contributed by atoms with Crippen molar-refractivity contribution >= 4 is 22.6 Å². The van der Waals surface area contributed by atoms with Gasteiger partial charge in [0.15, 0.2) is 0 Å². The highest BCUT2D eigenvalue weighted by Crippen LogP contribution is 2.25. The fraction of sp³-hybridized carbons (Fsp3) is 0.273. The molecular weight excluding hydrogens is 322 g/mol. The van der Waals surface area contributed by atoms with E-state index in [-0.39, 0.29) is 11.3 Å². The number of anilines is 1. The van der Waals surface area contributed by atoms with Crippen molar-refractivity contribution < 1.29 is 4.79 Å². The first kappa shape index (κ1) is 17.9. The maximum absolute atomic E-state index is 11.5. The zero-order valence-electron chi connectivity index (χ0n) is 15.8. The quantitative estimate of drug-likeness (QED) is 0.688. The van der Waals surface area contributed by atoms with Crippen molar-refractivity contribution in [1.29, 1.82) is 0 Å². The number of hydrogen-bond acceptors (Lipinski definition) is 2. The highest BCUT2D eigenvalue weighted by molar-refractivity contribution is 6.00. The Hall–Kier alpha value is -2.88. The molecule has 0 unspecified atom stereocenters. The van der Waals surface area contributed by atoms with Crippen LogP contribution in [0.25, 0.3) is 11.0 Å². The summed E-state index contributed by atoms with van der Waals surface area (Å²) in [5.41, 5.74) is 5.45. The van der Waals surface area contributed by atoms with Gasteiger partial charge in [0.25, 0.3) is 0 Å². The van der Waals surface area contributed by atoms with Crippen molar-refractivity contribution in [2.24, 2.45) is 0 Å². The molecular formula is C22H25N3O. The minimum absolute atomic E-state index is 0.156. The first-order chi connectivity index (χ1) is 12.3. The van der Waals surface area contributed by atoms with Crippen LogP contribution in [0.5, 0.6) is 0 Å². The van der Waals surface area contributed by atoms with Gasteiger partial charge in [0, 0.05) is 18.1 Å². The summed E-state index contributed by atoms with van der Waals surface area (Å²) in [7, 11) is 0. The molecule has 0 aliphatic carbocycles. The van der Waals surface area contributed by atoms with Crippen LogP contribution in [0.3, 0.4) is 0 Å². The molecule has 2 aromatic heterocycles. The number of carbonyl (C=O) groups is 1. The summed E-state index contributed by atoms with van der Waals surface area (Å²) < 4.78 is 2.15. The highest BCUT2D eigenvalue weighted by Gasteiger charge is 2.13. The molecule has 0 atom stereocenters. The average molecular weight is 347 g/mol. The Morgan fingerprint density at radius 2 is 1.96 bits per heavy atom. The van der Waals surface area contributed by atoms with Crippen LogP contribution in [0.1, 0.15) is 37.5 Å². The summed E-state index contributed by atoms with van der Waals surface area (Å²) in [6, 6.07) is 10.7. The van der Waals surface area contributed by atoms with Gasteiger partial charge in [0.2, 0.25) is 5.91 Å². The van der Waals surface area contributed by atoms with Crippen molar-refractivity contribution in [3.63, 3.8) is 0 Å². The standard InChI is InChI=1S/C22H25N3O/c1-6-20(26)24-18-11-19-15(2)13-25(21(19)23-12-18)14-16-7-9-17(10-8-16)22(3,4)5/h6-13H,1,14H2,2-5H3,(H,24,26). The predicted octanol–water partition coefficient (Wildman–Crippen LogP) is 4.82. The first-order valence-corrected chi connectivity index (χ1v) is 8.76. The van der Waals surface area contributed by atoms with E-state index in [1.54, 1.807) is 6.20 Å². The number of carbonyl (C=O) groups excluding carboxylic acids is 1. The molecule has 134 valence electrons. The minimum Gasteiger partial charge on any atom is -0.328 e. The molecule has 3 rings (SSSR count). The van der Waals surface area contributed by atoms with Gasteiger partial charge in [-0.1, -0.05) is 51.6 Å². The number of aromatic nitrogens is 2. The number of pyridine rings is 1. The molecule has 0 bridgehead atoms. The van der Waals surface area contributed by atoms with Gasteiger partial charge in [-0.25, -0.2) is 4.98 Å². The molecule has 0 saturated heterocycles. The number of benzene rings is 1. The SMILES string of the molecule is C=CC(=O)Nc1cnc2c(c1)c(C)cn2Cc1ccc(C(C)(C)C)cc1. The molecule has 0 aliphatic heterocycles. The van der Waals surface area contributed by atoms with Crippen LogP contribution in [0.2, 0.25) is 0 Å². The van der Waals surface area contributed by atoms with Crippen LogP contribution >= 0.6 is 0 Å². The third kappa shape index (κ3) is 3.69. The summed E-state index contributed by atoms with van der Waals surface area (Å²) in [4.78, 5) is 16.0. The van der Waals surface area contributed by atoms with Crippen LogP contribution in [-0.4, -0.2) is 15.5 Å². The second-order valence-electron chi connectivity index (χ2n) is 7.68. The molecule has 0 aliphatic rings. The van der Waals surface area contributed by atoms with E-state index in [0.29, 0.717) is 5.69 Å². The normalized spacial score (nSPS) is 11.5. The van der Waals surface area contributed by atoms with Gasteiger partial charge >= 0.3 is 0 Å². The van der Waals surface area contributed by atoms with Crippen LogP contribution < -0.4 is 5.32 Å². The van der Waals surface area contributed by atoms with E-state index in [9.17, 15) is 4.79 Å². The Morgan fingerprint density at radius 3 is 2.58 bits per heavy atom. The van der Waals surface area contributed by atoms with Gasteiger partial charge in [0.1, 0.15) is 5.65 Å². The maximum atomic E-state index is 11.5. The number of rotatable bonds is 4. The summed E-state index contributed by atoms with van der Waals surface area (Å²) in [6.45, 7) is 13.0. The fourth-order valence-corrected chi connectivity index (χ4v) is 3.03. The van der Waals surface area contributed by atoms with Crippen molar-refractivity contribution in [2.75, 3.05) is 5.32 Å². The summed E-state index contributed by atoms with van der Waals surface area (Å²) in [5, 5.41) is 3.80. The van der Waals surface area contributed by atoms with E-state index in [4.69, 9.17) is 0 Å². The molecule has 0 fully saturated rings. The topological polar surface area (TPSA) is 46.9 Å². The van der Waals surface area contributed by atoms with Crippen molar-refractivity contribution in [3.8, 4) is 0 Å². The number of nitrogens with one attached hydrogen (secondary N) is 1. The van der Waals surface area contributed by atoms with Crippen LogP contribution in [-0.2, 0) is 16.8 Å². The van der Waals surface area contributed by atoms with Gasteiger partial charge in [-0.15, -0.1) is 0 Å². The Bertz CT molecular complexity index is 959. The van der Waals surface area contributed by atoms with E-state index in [1.807, 2.05) is 6.07 Å². The van der Waals surface area contributed by atoms with Gasteiger partial charge in [-0.3, -0.25) is 4.79 Å². The molecule has 2 heterocycles. The third-order valence-corrected chi connectivity index (χ3v) is 4.54. The Balaban J connectivity index is 1.89. The second-order valence-corrected chi connectivity index (χ2v) is 7.68. The molecule has 0 spiro atoms. The molecule has 1 amide bonds. The lowest BCUT2D eigenvalue weighted by atomic mass is 9.87. The zero-order valence-corrected chi connectivity index (χ0v) is 15.8. The third-order valence-electron chi connectivity index (χ3n) is 4.54. The second kappa shape index (κ2) is 6.79. The fourth-order valence-electron chi connectivity index (χ4n) is 3.03. The van der Waals surface area contributed by atoms with Crippen LogP contribution in [0.4, 0.5) is 5.69 Å². The number of hydrogen-bond donors (Lipinski definition) is 1. The monoisotopic (exact) mass is 347 g/mol. The minimum atomic E-state index is -0.234. The van der Waals surface area contributed by atoms with Gasteiger partial charge < -0.3 is 9.88 Å². The number of nitrogens with zero attached hydrogens (tertiary/aromatic N) is 2. The molecule has 4 heteroatoms. The average Bonchev–Trinajstić information content (AvgIpc) is 2.90. The van der Waals surface area contributed by atoms with Crippen molar-refractivity contribution in [1.82, 2.24) is 9.55 Å². The van der Waals surface area contributed by atoms with Gasteiger partial charge in [0.05, 0.1) is 11.9 Å². The van der Waals surface area contributed by atoms with E-state index < -0.39 is 0 Å². The summed E-state index contributed by atoms with van der Waals surface area (Å²) in [5.74, 6) is -0.234. The molecule has 0 saturated carbocycles. The Morgan fingerprint density at radius 1 is 1.27 bits per heavy atom. The Labute approximate surface area is 154 Å². The molecule has 3 aromatic rings. The Kier molecular flexibility index (Phi) is 4.68. The lowest BCUT2D eigenvalue weighted by Gasteiger charge is -2.19. The zero-order chi connectivity index (χ0) is 18.9. The van der Waals surface area contributed by atoms with Crippen molar-refractivity contribution in [2.45, 2.75) is 39.7 Å². The molecule has 4 nitrogen and oxygen atoms in total. The number of amides is 1. The summed E-state index contributed by atoms with van der Waals surface area (Å²) in [6.07, 6.45) is 5.04. The van der Waals surface area contributed by atoms with E-state index in [2.05, 4.69) is 79.6 Å². The van der Waals surface area contributed by atoms with Crippen LogP contribution in [0, 0.1) is 6.92 Å². The van der Waals surface area contributed by atoms with E-state index >= 15 is 0 Å². The number of fused-ring (bicyclic) bond motifs is 1. The molecule has 26 heavy (non-hydrogen) atoms. The van der Waals surface area contributed by atoms with Crippen molar-refractivity contribution in [3.05, 3.63) is 72.1 Å². The lowest BCUT2D eigenvalue weighted by molar-refractivity contribution is -0.111. The highest BCUT2D eigenvalue weighted by atomic mass is 16.1. The van der Waals surface area contributed by atoms with Crippen LogP contribution in [0.15, 0.2) is 55.4 Å². The molecule has 1 N–H and O–H groups in total. The molecule has 1 aromatic carbocycles. The van der Waals surface area contributed by atoms with Gasteiger partial charge in [-0.2, -0.15) is 0 Å². The first-order valence-electron chi connectivity index (χ1n) is 8.76.